The molecule has 6 heteroatoms. The van der Waals surface area contributed by atoms with Crippen LogP contribution in [0.4, 0.5) is 0 Å². The second kappa shape index (κ2) is 5.38. The van der Waals surface area contributed by atoms with Gasteiger partial charge in [0.25, 0.3) is 0 Å². The Morgan fingerprint density at radius 1 is 1.45 bits per heavy atom. The van der Waals surface area contributed by atoms with Gasteiger partial charge < -0.3 is 18.6 Å². The first-order valence-electron chi connectivity index (χ1n) is 6.93. The Kier molecular flexibility index (Phi) is 3.58. The van der Waals surface area contributed by atoms with Crippen LogP contribution in [-0.2, 0) is 16.5 Å². The molecule has 0 bridgehead atoms. The lowest BCUT2D eigenvalue weighted by atomic mass is 10.2. The molecule has 0 radical (unpaired) electrons. The molecule has 6 nitrogen and oxygen atoms in total. The molecule has 0 unspecified atom stereocenters. The number of rotatable bonds is 4. The summed E-state index contributed by atoms with van der Waals surface area (Å²) in [6.07, 6.45) is 5.86. The zero-order chi connectivity index (χ0) is 14.1. The molecular formula is C14H20N4O2. The molecule has 108 valence electrons. The number of aryl methyl sites for hydroxylation is 2. The number of imidazole rings is 2. The smallest absolute Gasteiger partial charge is 0.160 e. The van der Waals surface area contributed by atoms with Crippen LogP contribution >= 0.6 is 0 Å². The van der Waals surface area contributed by atoms with Crippen molar-refractivity contribution in [3.63, 3.8) is 0 Å². The average Bonchev–Trinajstić information content (AvgIpc) is 3.10. The van der Waals surface area contributed by atoms with Crippen LogP contribution in [0.5, 0.6) is 0 Å². The first-order valence-corrected chi connectivity index (χ1v) is 6.93. The molecule has 20 heavy (non-hydrogen) atoms. The molecule has 3 heterocycles. The summed E-state index contributed by atoms with van der Waals surface area (Å²) in [5.41, 5.74) is 0.886. The molecule has 0 saturated carbocycles. The van der Waals surface area contributed by atoms with E-state index in [9.17, 15) is 0 Å². The van der Waals surface area contributed by atoms with Gasteiger partial charge in [-0.3, -0.25) is 0 Å². The summed E-state index contributed by atoms with van der Waals surface area (Å²) in [4.78, 5) is 9.01. The van der Waals surface area contributed by atoms with Crippen LogP contribution in [0.2, 0.25) is 0 Å². The van der Waals surface area contributed by atoms with Crippen LogP contribution in [0, 0.1) is 6.92 Å². The van der Waals surface area contributed by atoms with Crippen molar-refractivity contribution in [1.29, 1.82) is 0 Å². The van der Waals surface area contributed by atoms with Gasteiger partial charge in [-0.05, 0) is 13.8 Å². The zero-order valence-corrected chi connectivity index (χ0v) is 12.1. The molecule has 2 atom stereocenters. The molecule has 1 aliphatic rings. The summed E-state index contributed by atoms with van der Waals surface area (Å²) in [7, 11) is 1.99. The van der Waals surface area contributed by atoms with Crippen molar-refractivity contribution in [2.75, 3.05) is 19.8 Å². The van der Waals surface area contributed by atoms with E-state index in [1.54, 1.807) is 6.20 Å². The van der Waals surface area contributed by atoms with Gasteiger partial charge in [0.15, 0.2) is 5.82 Å². The predicted octanol–water partition coefficient (Wildman–Crippen LogP) is 1.57. The Hall–Kier alpha value is -1.66. The third-order valence-electron chi connectivity index (χ3n) is 3.74. The van der Waals surface area contributed by atoms with Gasteiger partial charge in [-0.1, -0.05) is 0 Å². The van der Waals surface area contributed by atoms with Crippen LogP contribution in [0.3, 0.4) is 0 Å². The highest BCUT2D eigenvalue weighted by atomic mass is 16.5. The predicted molar refractivity (Wildman–Crippen MR) is 74.4 cm³/mol. The fraction of sp³-hybridized carbons (Fsp3) is 0.571. The van der Waals surface area contributed by atoms with E-state index in [0.29, 0.717) is 19.8 Å². The molecule has 0 amide bonds. The SMILES string of the molecule is CCO[C@H]1COC[C@@H]1n1ccnc1-c1cn(C)c(C)n1. The first-order chi connectivity index (χ1) is 9.70. The van der Waals surface area contributed by atoms with E-state index >= 15 is 0 Å². The minimum absolute atomic E-state index is 0.0813. The maximum atomic E-state index is 5.76. The Labute approximate surface area is 118 Å². The van der Waals surface area contributed by atoms with Crippen molar-refractivity contribution in [3.8, 4) is 11.5 Å². The lowest BCUT2D eigenvalue weighted by molar-refractivity contribution is 0.0364. The van der Waals surface area contributed by atoms with Crippen molar-refractivity contribution < 1.29 is 9.47 Å². The summed E-state index contributed by atoms with van der Waals surface area (Å²) in [5.74, 6) is 1.84. The first kappa shape index (κ1) is 13.3. The molecule has 1 fully saturated rings. The molecule has 0 aromatic carbocycles. The lowest BCUT2D eigenvalue weighted by Gasteiger charge is -2.20. The molecule has 2 aromatic heterocycles. The molecular weight excluding hydrogens is 256 g/mol. The van der Waals surface area contributed by atoms with E-state index < -0.39 is 0 Å². The molecule has 0 aliphatic carbocycles. The minimum atomic E-state index is 0.0813. The Morgan fingerprint density at radius 3 is 3.00 bits per heavy atom. The van der Waals surface area contributed by atoms with E-state index in [-0.39, 0.29) is 12.1 Å². The molecule has 1 saturated heterocycles. The summed E-state index contributed by atoms with van der Waals surface area (Å²) in [6.45, 7) is 5.97. The van der Waals surface area contributed by atoms with Crippen molar-refractivity contribution >= 4 is 0 Å². The van der Waals surface area contributed by atoms with Crippen molar-refractivity contribution in [2.45, 2.75) is 26.0 Å². The highest BCUT2D eigenvalue weighted by Crippen LogP contribution is 2.27. The van der Waals surface area contributed by atoms with Crippen molar-refractivity contribution in [3.05, 3.63) is 24.4 Å². The van der Waals surface area contributed by atoms with E-state index in [1.165, 1.54) is 0 Å². The van der Waals surface area contributed by atoms with Crippen LogP contribution in [0.1, 0.15) is 18.8 Å². The Morgan fingerprint density at radius 2 is 2.30 bits per heavy atom. The minimum Gasteiger partial charge on any atom is -0.376 e. The second-order valence-corrected chi connectivity index (χ2v) is 5.04. The van der Waals surface area contributed by atoms with Gasteiger partial charge in [0.1, 0.15) is 17.6 Å². The van der Waals surface area contributed by atoms with E-state index in [1.807, 2.05) is 37.9 Å². The third-order valence-corrected chi connectivity index (χ3v) is 3.74. The van der Waals surface area contributed by atoms with Gasteiger partial charge in [-0.25, -0.2) is 9.97 Å². The van der Waals surface area contributed by atoms with E-state index in [4.69, 9.17) is 9.47 Å². The monoisotopic (exact) mass is 276 g/mol. The summed E-state index contributed by atoms with van der Waals surface area (Å²) >= 11 is 0. The number of hydrogen-bond donors (Lipinski definition) is 0. The Bertz CT molecular complexity index is 570. The number of hydrogen-bond acceptors (Lipinski definition) is 4. The summed E-state index contributed by atoms with van der Waals surface area (Å²) in [6, 6.07) is 0.162. The van der Waals surface area contributed by atoms with E-state index in [0.717, 1.165) is 17.3 Å². The van der Waals surface area contributed by atoms with Gasteiger partial charge >= 0.3 is 0 Å². The van der Waals surface area contributed by atoms with Gasteiger partial charge in [0, 0.05) is 32.2 Å². The fourth-order valence-electron chi connectivity index (χ4n) is 2.60. The van der Waals surface area contributed by atoms with Gasteiger partial charge in [0.2, 0.25) is 0 Å². The number of ether oxygens (including phenoxy) is 2. The third kappa shape index (κ3) is 2.25. The standard InChI is InChI=1S/C14H20N4O2/c1-4-20-13-9-19-8-12(13)18-6-5-15-14(18)11-7-17(3)10(2)16-11/h5-7,12-13H,4,8-9H2,1-3H3/t12-,13-/m0/s1. The van der Waals surface area contributed by atoms with Gasteiger partial charge in [-0.15, -0.1) is 0 Å². The molecule has 1 aliphatic heterocycles. The lowest BCUT2D eigenvalue weighted by Crippen LogP contribution is -2.25. The van der Waals surface area contributed by atoms with Crippen molar-refractivity contribution in [1.82, 2.24) is 19.1 Å². The number of nitrogens with zero attached hydrogens (tertiary/aromatic N) is 4. The molecule has 3 rings (SSSR count). The highest BCUT2D eigenvalue weighted by molar-refractivity contribution is 5.49. The average molecular weight is 276 g/mol. The quantitative estimate of drug-likeness (QED) is 0.850. The highest BCUT2D eigenvalue weighted by Gasteiger charge is 2.32. The van der Waals surface area contributed by atoms with Gasteiger partial charge in [0.05, 0.1) is 19.3 Å². The van der Waals surface area contributed by atoms with E-state index in [2.05, 4.69) is 14.5 Å². The maximum Gasteiger partial charge on any atom is 0.160 e. The largest absolute Gasteiger partial charge is 0.376 e. The van der Waals surface area contributed by atoms with Crippen LogP contribution in [-0.4, -0.2) is 45.0 Å². The number of aromatic nitrogens is 4. The van der Waals surface area contributed by atoms with Crippen molar-refractivity contribution in [2.24, 2.45) is 7.05 Å². The molecule has 0 spiro atoms. The van der Waals surface area contributed by atoms with Crippen LogP contribution in [0.25, 0.3) is 11.5 Å². The normalized spacial score (nSPS) is 22.6. The zero-order valence-electron chi connectivity index (χ0n) is 12.1. The second-order valence-electron chi connectivity index (χ2n) is 5.04. The summed E-state index contributed by atoms with van der Waals surface area (Å²) < 4.78 is 15.4. The fourth-order valence-corrected chi connectivity index (χ4v) is 2.60. The van der Waals surface area contributed by atoms with Gasteiger partial charge in [-0.2, -0.15) is 0 Å². The maximum absolute atomic E-state index is 5.76. The molecule has 2 aromatic rings. The Balaban J connectivity index is 1.93. The van der Waals surface area contributed by atoms with Crippen LogP contribution < -0.4 is 0 Å². The summed E-state index contributed by atoms with van der Waals surface area (Å²) in [5, 5.41) is 0. The van der Waals surface area contributed by atoms with Crippen LogP contribution in [0.15, 0.2) is 18.6 Å². The topological polar surface area (TPSA) is 54.1 Å². The molecule has 0 N–H and O–H groups in total.